The van der Waals surface area contributed by atoms with Gasteiger partial charge in [-0.1, -0.05) is 17.2 Å². The van der Waals surface area contributed by atoms with E-state index in [2.05, 4.69) is 0 Å². The molecular weight excluding hydrogens is 348 g/mol. The van der Waals surface area contributed by atoms with Crippen LogP contribution in [0.3, 0.4) is 0 Å². The van der Waals surface area contributed by atoms with E-state index in [0.29, 0.717) is 18.2 Å². The van der Waals surface area contributed by atoms with Crippen LogP contribution in [0.25, 0.3) is 10.9 Å². The zero-order chi connectivity index (χ0) is 19.0. The van der Waals surface area contributed by atoms with Gasteiger partial charge in [-0.25, -0.2) is 4.79 Å². The molecule has 0 radical (unpaired) electrons. The van der Waals surface area contributed by atoms with E-state index in [1.807, 2.05) is 16.8 Å². The van der Waals surface area contributed by atoms with E-state index in [1.54, 1.807) is 37.4 Å². The molecule has 27 heavy (non-hydrogen) atoms. The highest BCUT2D eigenvalue weighted by Gasteiger charge is 2.38. The Morgan fingerprint density at radius 2 is 1.70 bits per heavy atom. The van der Waals surface area contributed by atoms with E-state index in [-0.39, 0.29) is 16.7 Å². The molecule has 0 spiro atoms. The minimum Gasteiger partial charge on any atom is -0.383 e. The predicted octanol–water partition coefficient (Wildman–Crippen LogP) is 2.66. The zero-order valence-corrected chi connectivity index (χ0v) is 14.5. The number of hydrogen-bond acceptors (Lipinski definition) is 5. The fourth-order valence-corrected chi connectivity index (χ4v) is 3.10. The van der Waals surface area contributed by atoms with Gasteiger partial charge in [0, 0.05) is 30.8 Å². The van der Waals surface area contributed by atoms with Crippen LogP contribution < -0.4 is 0 Å². The number of amides is 2. The smallest absolute Gasteiger partial charge is 0.363 e. The van der Waals surface area contributed by atoms with Crippen molar-refractivity contribution in [1.29, 1.82) is 0 Å². The first-order valence-corrected chi connectivity index (χ1v) is 8.38. The minimum absolute atomic E-state index is 0.223. The summed E-state index contributed by atoms with van der Waals surface area (Å²) in [4.78, 5) is 42.2. The monoisotopic (exact) mass is 364 g/mol. The van der Waals surface area contributed by atoms with Crippen molar-refractivity contribution in [3.8, 4) is 0 Å². The van der Waals surface area contributed by atoms with E-state index < -0.39 is 17.8 Å². The molecular formula is C20H16N2O5. The van der Waals surface area contributed by atoms with Crippen LogP contribution in [0.2, 0.25) is 0 Å². The summed E-state index contributed by atoms with van der Waals surface area (Å²) in [5.74, 6) is -2.05. The zero-order valence-electron chi connectivity index (χ0n) is 14.5. The lowest BCUT2D eigenvalue weighted by Crippen LogP contribution is -2.32. The Bertz CT molecular complexity index is 1030. The minimum atomic E-state index is -0.768. The van der Waals surface area contributed by atoms with Crippen molar-refractivity contribution in [2.24, 2.45) is 0 Å². The second-order valence-corrected chi connectivity index (χ2v) is 6.10. The van der Waals surface area contributed by atoms with Gasteiger partial charge in [-0.3, -0.25) is 9.59 Å². The van der Waals surface area contributed by atoms with Crippen LogP contribution in [0.1, 0.15) is 31.1 Å². The Morgan fingerprint density at radius 1 is 1.00 bits per heavy atom. The number of benzene rings is 2. The van der Waals surface area contributed by atoms with E-state index in [9.17, 15) is 14.4 Å². The lowest BCUT2D eigenvalue weighted by Gasteiger charge is -2.12. The molecule has 0 atom stereocenters. The molecule has 3 aromatic rings. The summed E-state index contributed by atoms with van der Waals surface area (Å²) in [6, 6.07) is 13.3. The number of carbonyl (C=O) groups excluding carboxylic acids is 3. The third kappa shape index (κ3) is 2.88. The molecule has 136 valence electrons. The average Bonchev–Trinajstić information content (AvgIpc) is 3.20. The predicted molar refractivity (Wildman–Crippen MR) is 96.2 cm³/mol. The number of aromatic nitrogens is 1. The SMILES string of the molecule is COCCn1ccc2cc(C(=O)ON3C(=O)c4ccccc4C3=O)ccc21. The van der Waals surface area contributed by atoms with Gasteiger partial charge in [0.25, 0.3) is 11.8 Å². The number of nitrogens with zero attached hydrogens (tertiary/aromatic N) is 2. The first-order valence-electron chi connectivity index (χ1n) is 8.38. The number of ether oxygens (including phenoxy) is 1. The van der Waals surface area contributed by atoms with E-state index in [0.717, 1.165) is 10.9 Å². The van der Waals surface area contributed by atoms with Crippen LogP contribution in [0.15, 0.2) is 54.7 Å². The third-order valence-electron chi connectivity index (χ3n) is 4.47. The fraction of sp³-hybridized carbons (Fsp3) is 0.150. The van der Waals surface area contributed by atoms with Crippen molar-refractivity contribution >= 4 is 28.7 Å². The number of fused-ring (bicyclic) bond motifs is 2. The van der Waals surface area contributed by atoms with Crippen molar-refractivity contribution in [3.63, 3.8) is 0 Å². The molecule has 0 N–H and O–H groups in total. The van der Waals surface area contributed by atoms with Crippen LogP contribution in [-0.4, -0.2) is 41.1 Å². The quantitative estimate of drug-likeness (QED) is 0.651. The second-order valence-electron chi connectivity index (χ2n) is 6.10. The molecule has 1 aromatic heterocycles. The summed E-state index contributed by atoms with van der Waals surface area (Å²) in [5, 5.41) is 1.36. The Labute approximate surface area is 154 Å². The molecule has 0 unspecified atom stereocenters. The summed E-state index contributed by atoms with van der Waals surface area (Å²) in [5.41, 5.74) is 1.65. The maximum Gasteiger partial charge on any atom is 0.363 e. The second kappa shape index (κ2) is 6.69. The third-order valence-corrected chi connectivity index (χ3v) is 4.47. The van der Waals surface area contributed by atoms with Crippen molar-refractivity contribution < 1.29 is 24.0 Å². The highest BCUT2D eigenvalue weighted by Crippen LogP contribution is 2.24. The molecule has 0 saturated carbocycles. The molecule has 0 aliphatic carbocycles. The van der Waals surface area contributed by atoms with Gasteiger partial charge >= 0.3 is 5.97 Å². The van der Waals surface area contributed by atoms with Gasteiger partial charge in [0.15, 0.2) is 0 Å². The van der Waals surface area contributed by atoms with Crippen molar-refractivity contribution in [2.45, 2.75) is 6.54 Å². The fourth-order valence-electron chi connectivity index (χ4n) is 3.10. The van der Waals surface area contributed by atoms with E-state index in [1.165, 1.54) is 12.1 Å². The molecule has 2 aromatic carbocycles. The maximum atomic E-state index is 12.5. The number of hydroxylamine groups is 2. The topological polar surface area (TPSA) is 77.8 Å². The van der Waals surface area contributed by atoms with Crippen LogP contribution in [0.5, 0.6) is 0 Å². The van der Waals surface area contributed by atoms with Gasteiger partial charge in [-0.2, -0.15) is 0 Å². The Kier molecular flexibility index (Phi) is 4.21. The summed E-state index contributed by atoms with van der Waals surface area (Å²) in [7, 11) is 1.64. The maximum absolute atomic E-state index is 12.5. The lowest BCUT2D eigenvalue weighted by molar-refractivity contribution is -0.0584. The standard InChI is InChI=1S/C20H16N2O5/c1-26-11-10-21-9-8-13-12-14(6-7-17(13)21)20(25)27-22-18(23)15-4-2-3-5-16(15)19(22)24/h2-9,12H,10-11H2,1H3. The van der Waals surface area contributed by atoms with Crippen molar-refractivity contribution in [2.75, 3.05) is 13.7 Å². The number of carbonyl (C=O) groups is 3. The molecule has 2 amide bonds. The first-order chi connectivity index (χ1) is 13.1. The van der Waals surface area contributed by atoms with Gasteiger partial charge in [-0.05, 0) is 36.4 Å². The molecule has 7 heteroatoms. The molecule has 4 rings (SSSR count). The van der Waals surface area contributed by atoms with Crippen molar-refractivity contribution in [3.05, 3.63) is 71.4 Å². The number of hydrogen-bond donors (Lipinski definition) is 0. The highest BCUT2D eigenvalue weighted by atomic mass is 16.7. The van der Waals surface area contributed by atoms with Gasteiger partial charge < -0.3 is 14.1 Å². The Morgan fingerprint density at radius 3 is 2.37 bits per heavy atom. The van der Waals surface area contributed by atoms with Gasteiger partial charge in [0.2, 0.25) is 0 Å². The van der Waals surface area contributed by atoms with Crippen LogP contribution in [-0.2, 0) is 16.1 Å². The average molecular weight is 364 g/mol. The summed E-state index contributed by atoms with van der Waals surface area (Å²) in [6.07, 6.45) is 1.91. The number of rotatable bonds is 5. The van der Waals surface area contributed by atoms with Gasteiger partial charge in [-0.15, -0.1) is 0 Å². The van der Waals surface area contributed by atoms with Gasteiger partial charge in [0.05, 0.1) is 23.3 Å². The highest BCUT2D eigenvalue weighted by molar-refractivity contribution is 6.21. The summed E-state index contributed by atoms with van der Waals surface area (Å²) in [6.45, 7) is 1.27. The van der Waals surface area contributed by atoms with Crippen molar-refractivity contribution in [1.82, 2.24) is 9.63 Å². The molecule has 0 saturated heterocycles. The Balaban J connectivity index is 1.55. The molecule has 0 fully saturated rings. The normalized spacial score (nSPS) is 13.3. The summed E-state index contributed by atoms with van der Waals surface area (Å²) < 4.78 is 7.09. The molecule has 7 nitrogen and oxygen atoms in total. The molecule has 1 aliphatic heterocycles. The molecule has 1 aliphatic rings. The van der Waals surface area contributed by atoms with E-state index in [4.69, 9.17) is 9.57 Å². The molecule has 0 bridgehead atoms. The van der Waals surface area contributed by atoms with Crippen LogP contribution >= 0.6 is 0 Å². The van der Waals surface area contributed by atoms with Gasteiger partial charge in [0.1, 0.15) is 0 Å². The van der Waals surface area contributed by atoms with Crippen LogP contribution in [0, 0.1) is 0 Å². The summed E-state index contributed by atoms with van der Waals surface area (Å²) >= 11 is 0. The van der Waals surface area contributed by atoms with E-state index >= 15 is 0 Å². The lowest BCUT2D eigenvalue weighted by atomic mass is 10.1. The largest absolute Gasteiger partial charge is 0.383 e. The number of imide groups is 1. The first kappa shape index (κ1) is 17.0. The van der Waals surface area contributed by atoms with Crippen LogP contribution in [0.4, 0.5) is 0 Å². The molecule has 2 heterocycles. The number of methoxy groups -OCH3 is 1. The Hall–Kier alpha value is -3.45.